The van der Waals surface area contributed by atoms with Crippen molar-refractivity contribution in [2.45, 2.75) is 26.8 Å². The number of carbonyl (C=O) groups is 1. The van der Waals surface area contributed by atoms with E-state index < -0.39 is 5.91 Å². The zero-order chi connectivity index (χ0) is 20.1. The summed E-state index contributed by atoms with van der Waals surface area (Å²) in [4.78, 5) is 25.2. The highest BCUT2D eigenvalue weighted by molar-refractivity contribution is 6.05. The zero-order valence-corrected chi connectivity index (χ0v) is 16.1. The number of fused-ring (bicyclic) bond motifs is 1. The van der Waals surface area contributed by atoms with Gasteiger partial charge in [-0.1, -0.05) is 54.6 Å². The standard InChI is InChI=1S/C22H22N4O2/c1-15(2)26-22(28)19-12-8-7-11-18(19)20(25-26)21(27)24-23-14-16(3)13-17-9-5-4-6-10-17/h4-15H,1-3H3,(H,24,27)/b16-13+,23-14-. The Morgan fingerprint density at radius 2 is 1.71 bits per heavy atom. The van der Waals surface area contributed by atoms with Gasteiger partial charge in [-0.15, -0.1) is 0 Å². The van der Waals surface area contributed by atoms with E-state index >= 15 is 0 Å². The number of hydrogen-bond donors (Lipinski definition) is 1. The lowest BCUT2D eigenvalue weighted by Gasteiger charge is -2.12. The molecule has 6 nitrogen and oxygen atoms in total. The van der Waals surface area contributed by atoms with E-state index in [0.717, 1.165) is 11.1 Å². The van der Waals surface area contributed by atoms with Gasteiger partial charge in [-0.05, 0) is 38.0 Å². The van der Waals surface area contributed by atoms with Crippen molar-refractivity contribution in [1.82, 2.24) is 15.2 Å². The zero-order valence-electron chi connectivity index (χ0n) is 16.1. The maximum atomic E-state index is 12.7. The molecule has 1 amide bonds. The monoisotopic (exact) mass is 374 g/mol. The third kappa shape index (κ3) is 4.23. The first-order valence-electron chi connectivity index (χ1n) is 9.05. The Hall–Kier alpha value is -3.54. The molecule has 0 unspecified atom stereocenters. The molecule has 6 heteroatoms. The van der Waals surface area contributed by atoms with Gasteiger partial charge in [0.25, 0.3) is 11.5 Å². The fraction of sp³-hybridized carbons (Fsp3) is 0.182. The Kier molecular flexibility index (Phi) is 5.79. The van der Waals surface area contributed by atoms with E-state index in [1.165, 1.54) is 4.68 Å². The molecule has 0 saturated heterocycles. The third-order valence-corrected chi connectivity index (χ3v) is 4.16. The molecule has 0 atom stereocenters. The van der Waals surface area contributed by atoms with E-state index in [4.69, 9.17) is 0 Å². The lowest BCUT2D eigenvalue weighted by atomic mass is 10.1. The fourth-order valence-electron chi connectivity index (χ4n) is 2.82. The lowest BCUT2D eigenvalue weighted by Crippen LogP contribution is -2.30. The van der Waals surface area contributed by atoms with Gasteiger partial charge in [0.1, 0.15) is 0 Å². The van der Waals surface area contributed by atoms with Gasteiger partial charge in [0.2, 0.25) is 0 Å². The van der Waals surface area contributed by atoms with Crippen LogP contribution in [0.1, 0.15) is 42.9 Å². The minimum absolute atomic E-state index is 0.164. The molecule has 3 aromatic rings. The molecule has 1 heterocycles. The van der Waals surface area contributed by atoms with Crippen molar-refractivity contribution in [2.24, 2.45) is 5.10 Å². The summed E-state index contributed by atoms with van der Waals surface area (Å²) in [7, 11) is 0. The fourth-order valence-corrected chi connectivity index (χ4v) is 2.82. The molecule has 3 rings (SSSR count). The van der Waals surface area contributed by atoms with Crippen LogP contribution < -0.4 is 11.0 Å². The van der Waals surface area contributed by atoms with E-state index in [9.17, 15) is 9.59 Å². The molecular weight excluding hydrogens is 352 g/mol. The van der Waals surface area contributed by atoms with Crippen LogP contribution in [0.25, 0.3) is 16.8 Å². The predicted octanol–water partition coefficient (Wildman–Crippen LogP) is 3.80. The molecule has 0 bridgehead atoms. The van der Waals surface area contributed by atoms with Gasteiger partial charge >= 0.3 is 0 Å². The Balaban J connectivity index is 1.87. The van der Waals surface area contributed by atoms with Crippen molar-refractivity contribution in [3.05, 3.63) is 81.8 Å². The van der Waals surface area contributed by atoms with Crippen molar-refractivity contribution in [1.29, 1.82) is 0 Å². The number of nitrogens with one attached hydrogen (secondary N) is 1. The number of hydrazone groups is 1. The number of carbonyl (C=O) groups excluding carboxylic acids is 1. The summed E-state index contributed by atoms with van der Waals surface area (Å²) in [6.07, 6.45) is 3.54. The molecule has 0 aliphatic rings. The summed E-state index contributed by atoms with van der Waals surface area (Å²) < 4.78 is 1.32. The first-order valence-corrected chi connectivity index (χ1v) is 9.05. The first-order chi connectivity index (χ1) is 13.5. The number of nitrogens with zero attached hydrogens (tertiary/aromatic N) is 3. The van der Waals surface area contributed by atoms with Crippen LogP contribution in [0.3, 0.4) is 0 Å². The summed E-state index contributed by atoms with van der Waals surface area (Å²) in [5.74, 6) is -0.464. The van der Waals surface area contributed by atoms with E-state index in [1.54, 1.807) is 30.5 Å². The second-order valence-electron chi connectivity index (χ2n) is 6.74. The van der Waals surface area contributed by atoms with Gasteiger partial charge in [-0.2, -0.15) is 10.2 Å². The van der Waals surface area contributed by atoms with Crippen LogP contribution in [0.4, 0.5) is 0 Å². The molecule has 0 fully saturated rings. The molecule has 0 spiro atoms. The minimum Gasteiger partial charge on any atom is -0.267 e. The third-order valence-electron chi connectivity index (χ3n) is 4.16. The van der Waals surface area contributed by atoms with Crippen molar-refractivity contribution in [2.75, 3.05) is 0 Å². The average Bonchev–Trinajstić information content (AvgIpc) is 2.69. The van der Waals surface area contributed by atoms with E-state index in [2.05, 4.69) is 15.6 Å². The van der Waals surface area contributed by atoms with Crippen LogP contribution >= 0.6 is 0 Å². The van der Waals surface area contributed by atoms with Crippen LogP contribution in [0.5, 0.6) is 0 Å². The Labute approximate surface area is 163 Å². The first kappa shape index (κ1) is 19.2. The number of amides is 1. The highest BCUT2D eigenvalue weighted by Crippen LogP contribution is 2.14. The van der Waals surface area contributed by atoms with Crippen molar-refractivity contribution in [3.63, 3.8) is 0 Å². The molecular formula is C22H22N4O2. The summed E-state index contributed by atoms with van der Waals surface area (Å²) in [6.45, 7) is 5.59. The largest absolute Gasteiger partial charge is 0.292 e. The van der Waals surface area contributed by atoms with E-state index in [0.29, 0.717) is 10.8 Å². The summed E-state index contributed by atoms with van der Waals surface area (Å²) in [5.41, 5.74) is 4.40. The van der Waals surface area contributed by atoms with Gasteiger partial charge in [-0.3, -0.25) is 9.59 Å². The smallest absolute Gasteiger partial charge is 0.267 e. The molecule has 2 aromatic carbocycles. The maximum absolute atomic E-state index is 12.7. The molecule has 1 N–H and O–H groups in total. The maximum Gasteiger partial charge on any atom is 0.292 e. The van der Waals surface area contributed by atoms with Gasteiger partial charge in [0, 0.05) is 5.39 Å². The molecule has 1 aromatic heterocycles. The van der Waals surface area contributed by atoms with Crippen molar-refractivity contribution >= 4 is 29.0 Å². The number of aromatic nitrogens is 2. The molecule has 0 aliphatic heterocycles. The topological polar surface area (TPSA) is 76.3 Å². The Morgan fingerprint density at radius 1 is 1.07 bits per heavy atom. The predicted molar refractivity (Wildman–Crippen MR) is 112 cm³/mol. The molecule has 142 valence electrons. The van der Waals surface area contributed by atoms with Gasteiger partial charge in [-0.25, -0.2) is 10.1 Å². The van der Waals surface area contributed by atoms with E-state index in [-0.39, 0.29) is 17.3 Å². The summed E-state index contributed by atoms with van der Waals surface area (Å²) in [5, 5.41) is 9.26. The number of hydrogen-bond acceptors (Lipinski definition) is 4. The molecule has 0 aliphatic carbocycles. The lowest BCUT2D eigenvalue weighted by molar-refractivity contribution is 0.0949. The minimum atomic E-state index is -0.464. The second-order valence-corrected chi connectivity index (χ2v) is 6.74. The molecule has 0 saturated carbocycles. The van der Waals surface area contributed by atoms with Crippen molar-refractivity contribution in [3.8, 4) is 0 Å². The number of allylic oxidation sites excluding steroid dienone is 1. The van der Waals surface area contributed by atoms with Gasteiger partial charge in [0.15, 0.2) is 5.69 Å². The van der Waals surface area contributed by atoms with Crippen LogP contribution in [-0.2, 0) is 0 Å². The second kappa shape index (κ2) is 8.43. The summed E-state index contributed by atoms with van der Waals surface area (Å²) in [6, 6.07) is 16.6. The molecule has 0 radical (unpaired) electrons. The normalized spacial score (nSPS) is 12.1. The average molecular weight is 374 g/mol. The SMILES string of the molecule is CC(/C=N\NC(=O)c1nn(C(C)C)c(=O)c2ccccc12)=C\c1ccccc1. The Morgan fingerprint density at radius 3 is 2.39 bits per heavy atom. The van der Waals surface area contributed by atoms with Gasteiger partial charge in [0.05, 0.1) is 17.6 Å². The van der Waals surface area contributed by atoms with Crippen LogP contribution in [0.15, 0.2) is 70.1 Å². The van der Waals surface area contributed by atoms with E-state index in [1.807, 2.05) is 57.2 Å². The van der Waals surface area contributed by atoms with Crippen LogP contribution in [0.2, 0.25) is 0 Å². The summed E-state index contributed by atoms with van der Waals surface area (Å²) >= 11 is 0. The van der Waals surface area contributed by atoms with Gasteiger partial charge < -0.3 is 0 Å². The molecule has 28 heavy (non-hydrogen) atoms. The highest BCUT2D eigenvalue weighted by Gasteiger charge is 2.17. The number of benzene rings is 2. The van der Waals surface area contributed by atoms with Crippen molar-refractivity contribution < 1.29 is 4.79 Å². The highest BCUT2D eigenvalue weighted by atomic mass is 16.2. The van der Waals surface area contributed by atoms with Crippen LogP contribution in [0, 0.1) is 0 Å². The quantitative estimate of drug-likeness (QED) is 0.545. The van der Waals surface area contributed by atoms with Crippen LogP contribution in [-0.4, -0.2) is 21.9 Å². The Bertz CT molecular complexity index is 1110. The number of rotatable bonds is 5.